The van der Waals surface area contributed by atoms with E-state index in [1.54, 1.807) is 14.9 Å². The van der Waals surface area contributed by atoms with E-state index in [2.05, 4.69) is 6.07 Å². The molecule has 5 rings (SSSR count). The molecule has 7 nitrogen and oxygen atoms in total. The summed E-state index contributed by atoms with van der Waals surface area (Å²) < 4.78 is 0. The van der Waals surface area contributed by atoms with Gasteiger partial charge in [-0.25, -0.2) is 5.01 Å². The number of ketones is 1. The number of nitrogens with two attached hydrogens (primary N) is 1. The summed E-state index contributed by atoms with van der Waals surface area (Å²) in [5.74, 6) is -0.236. The molecule has 2 aromatic rings. The molecule has 1 atom stereocenters. The van der Waals surface area contributed by atoms with Crippen LogP contribution in [-0.2, 0) is 21.5 Å². The van der Waals surface area contributed by atoms with Crippen molar-refractivity contribution in [2.24, 2.45) is 11.1 Å². The van der Waals surface area contributed by atoms with Crippen LogP contribution < -0.4 is 10.6 Å². The zero-order valence-corrected chi connectivity index (χ0v) is 20.5. The highest BCUT2D eigenvalue weighted by atomic mass is 16.2. The van der Waals surface area contributed by atoms with Crippen LogP contribution in [0.25, 0.3) is 0 Å². The van der Waals surface area contributed by atoms with Gasteiger partial charge in [0, 0.05) is 43.0 Å². The molecule has 3 aliphatic rings. The first-order valence-corrected chi connectivity index (χ1v) is 11.7. The molecular weight excluding hydrogens is 438 g/mol. The number of hydrogen-bond acceptors (Lipinski definition) is 6. The van der Waals surface area contributed by atoms with Gasteiger partial charge in [0.25, 0.3) is 0 Å². The van der Waals surface area contributed by atoms with Crippen LogP contribution in [0.2, 0.25) is 0 Å². The van der Waals surface area contributed by atoms with Crippen molar-refractivity contribution in [3.63, 3.8) is 0 Å². The van der Waals surface area contributed by atoms with E-state index in [-0.39, 0.29) is 28.5 Å². The lowest BCUT2D eigenvalue weighted by Gasteiger charge is -2.48. The van der Waals surface area contributed by atoms with Crippen LogP contribution >= 0.6 is 0 Å². The highest BCUT2D eigenvalue weighted by Crippen LogP contribution is 2.58. The molecule has 1 unspecified atom stereocenters. The molecule has 178 valence electrons. The van der Waals surface area contributed by atoms with E-state index in [4.69, 9.17) is 5.73 Å². The molecule has 7 heteroatoms. The average molecular weight is 468 g/mol. The summed E-state index contributed by atoms with van der Waals surface area (Å²) in [6.07, 6.45) is 0.850. The van der Waals surface area contributed by atoms with Gasteiger partial charge in [-0.3, -0.25) is 14.6 Å². The van der Waals surface area contributed by atoms with E-state index in [1.165, 1.54) is 0 Å². The zero-order valence-electron chi connectivity index (χ0n) is 20.5. The first-order chi connectivity index (χ1) is 16.6. The van der Waals surface area contributed by atoms with Gasteiger partial charge in [0.15, 0.2) is 5.78 Å². The van der Waals surface area contributed by atoms with Gasteiger partial charge in [-0.15, -0.1) is 0 Å². The second-order valence-corrected chi connectivity index (χ2v) is 10.4. The second-order valence-electron chi connectivity index (χ2n) is 10.4. The Morgan fingerprint density at radius 2 is 1.69 bits per heavy atom. The Kier molecular flexibility index (Phi) is 5.11. The number of nitriles is 1. The number of carbonyl (C=O) groups excluding carboxylic acids is 2. The Labute approximate surface area is 205 Å². The van der Waals surface area contributed by atoms with Gasteiger partial charge in [-0.1, -0.05) is 62.4 Å². The number of fused-ring (bicyclic) bond motifs is 3. The standard InChI is InChI=1S/C28H29N5O2/c1-27(2)14-22-24(23(34)15-27)28(20(16-29)25(30)33(22)31(3)4)19-12-8-9-13-21(19)32(26(28)35)17-18-10-6-5-7-11-18/h5-13H,14-15,17,30H2,1-4H3. The minimum Gasteiger partial charge on any atom is -0.383 e. The predicted molar refractivity (Wildman–Crippen MR) is 133 cm³/mol. The van der Waals surface area contributed by atoms with Crippen molar-refractivity contribution in [1.29, 1.82) is 5.26 Å². The van der Waals surface area contributed by atoms with Crippen LogP contribution in [0.4, 0.5) is 5.69 Å². The summed E-state index contributed by atoms with van der Waals surface area (Å²) >= 11 is 0. The topological polar surface area (TPSA) is 93.7 Å². The van der Waals surface area contributed by atoms with E-state index >= 15 is 0 Å². The summed E-state index contributed by atoms with van der Waals surface area (Å²) in [6.45, 7) is 4.42. The van der Waals surface area contributed by atoms with Gasteiger partial charge in [0.2, 0.25) is 5.91 Å². The molecule has 0 radical (unpaired) electrons. The highest BCUT2D eigenvalue weighted by Gasteiger charge is 2.63. The molecule has 2 aromatic carbocycles. The van der Waals surface area contributed by atoms with Crippen molar-refractivity contribution < 1.29 is 9.59 Å². The van der Waals surface area contributed by atoms with Gasteiger partial charge >= 0.3 is 0 Å². The molecular formula is C28H29N5O2. The van der Waals surface area contributed by atoms with E-state index in [0.717, 1.165) is 5.56 Å². The van der Waals surface area contributed by atoms with Gasteiger partial charge in [0.05, 0.1) is 12.1 Å². The van der Waals surface area contributed by atoms with Gasteiger partial charge in [0.1, 0.15) is 17.3 Å². The maximum atomic E-state index is 14.6. The third-order valence-electron chi connectivity index (χ3n) is 7.20. The van der Waals surface area contributed by atoms with Crippen LogP contribution in [0.3, 0.4) is 0 Å². The van der Waals surface area contributed by atoms with Crippen LogP contribution in [0.15, 0.2) is 77.3 Å². The molecule has 2 N–H and O–H groups in total. The molecule has 1 aliphatic carbocycles. The zero-order chi connectivity index (χ0) is 25.1. The fourth-order valence-corrected chi connectivity index (χ4v) is 5.92. The summed E-state index contributed by atoms with van der Waals surface area (Å²) in [7, 11) is 3.64. The van der Waals surface area contributed by atoms with E-state index in [1.807, 2.05) is 82.5 Å². The first-order valence-electron chi connectivity index (χ1n) is 11.7. The van der Waals surface area contributed by atoms with Crippen molar-refractivity contribution in [3.8, 4) is 6.07 Å². The van der Waals surface area contributed by atoms with Gasteiger partial charge in [-0.2, -0.15) is 5.26 Å². The quantitative estimate of drug-likeness (QED) is 0.741. The number of rotatable bonds is 3. The Morgan fingerprint density at radius 1 is 1.03 bits per heavy atom. The molecule has 0 saturated heterocycles. The average Bonchev–Trinajstić information content (AvgIpc) is 3.02. The number of carbonyl (C=O) groups is 2. The fourth-order valence-electron chi connectivity index (χ4n) is 5.92. The van der Waals surface area contributed by atoms with Crippen molar-refractivity contribution in [2.45, 2.75) is 38.6 Å². The predicted octanol–water partition coefficient (Wildman–Crippen LogP) is 3.60. The molecule has 1 amide bonds. The third kappa shape index (κ3) is 3.14. The minimum atomic E-state index is -1.56. The minimum absolute atomic E-state index is 0.103. The number of Topliss-reactive ketones (excluding diaryl/α,β-unsaturated/α-hetero) is 1. The normalized spacial score (nSPS) is 23.2. The highest BCUT2D eigenvalue weighted by molar-refractivity contribution is 6.20. The van der Waals surface area contributed by atoms with Crippen molar-refractivity contribution in [2.75, 3.05) is 19.0 Å². The maximum absolute atomic E-state index is 14.6. The Bertz CT molecular complexity index is 1350. The summed E-state index contributed by atoms with van der Waals surface area (Å²) in [4.78, 5) is 30.2. The monoisotopic (exact) mass is 467 g/mol. The molecule has 0 bridgehead atoms. The van der Waals surface area contributed by atoms with Crippen molar-refractivity contribution in [3.05, 3.63) is 88.4 Å². The number of nitrogens with zero attached hydrogens (tertiary/aromatic N) is 4. The largest absolute Gasteiger partial charge is 0.383 e. The maximum Gasteiger partial charge on any atom is 0.248 e. The number of anilines is 1. The number of benzene rings is 2. The molecule has 0 saturated carbocycles. The molecule has 0 aromatic heterocycles. The van der Waals surface area contributed by atoms with Gasteiger partial charge < -0.3 is 10.6 Å². The first kappa shape index (κ1) is 22.9. The number of hydrazine groups is 1. The number of allylic oxidation sites excluding steroid dienone is 1. The Hall–Kier alpha value is -3.89. The van der Waals surface area contributed by atoms with Crippen molar-refractivity contribution in [1.82, 2.24) is 10.0 Å². The van der Waals surface area contributed by atoms with Crippen molar-refractivity contribution >= 4 is 17.4 Å². The van der Waals surface area contributed by atoms with Crippen LogP contribution in [0, 0.1) is 16.7 Å². The SMILES string of the molecule is CN(C)N1C(N)=C(C#N)C2(C(=O)N(Cc3ccccc3)c3ccccc32)C2=C1CC(C)(C)CC2=O. The van der Waals surface area contributed by atoms with Crippen LogP contribution in [0.5, 0.6) is 0 Å². The fraction of sp³-hybridized carbons (Fsp3) is 0.321. The second kappa shape index (κ2) is 7.82. The Balaban J connectivity index is 1.83. The van der Waals surface area contributed by atoms with Gasteiger partial charge in [-0.05, 0) is 23.5 Å². The summed E-state index contributed by atoms with van der Waals surface area (Å²) in [5, 5.41) is 14.0. The Morgan fingerprint density at radius 3 is 2.34 bits per heavy atom. The molecule has 35 heavy (non-hydrogen) atoms. The van der Waals surface area contributed by atoms with E-state index in [9.17, 15) is 14.9 Å². The molecule has 0 fully saturated rings. The lowest BCUT2D eigenvalue weighted by Crippen LogP contribution is -2.55. The van der Waals surface area contributed by atoms with Crippen LogP contribution in [-0.4, -0.2) is 35.8 Å². The van der Waals surface area contributed by atoms with E-state index in [0.29, 0.717) is 41.9 Å². The number of amides is 1. The number of hydrogen-bond donors (Lipinski definition) is 1. The third-order valence-corrected chi connectivity index (χ3v) is 7.20. The van der Waals surface area contributed by atoms with E-state index < -0.39 is 5.41 Å². The molecule has 1 spiro atoms. The smallest absolute Gasteiger partial charge is 0.248 e. The van der Waals surface area contributed by atoms with Crippen LogP contribution in [0.1, 0.15) is 37.8 Å². The lowest BCUT2D eigenvalue weighted by molar-refractivity contribution is -0.126. The summed E-state index contributed by atoms with van der Waals surface area (Å²) in [5.41, 5.74) is 8.28. The molecule has 2 heterocycles. The molecule has 2 aliphatic heterocycles. The lowest BCUT2D eigenvalue weighted by atomic mass is 9.61. The summed E-state index contributed by atoms with van der Waals surface area (Å²) in [6, 6.07) is 19.4. The number of para-hydroxylation sites is 1.